The van der Waals surface area contributed by atoms with Gasteiger partial charge in [0.2, 0.25) is 0 Å². The molecular weight excluding hydrogens is 438 g/mol. The molecule has 0 spiro atoms. The molecule has 3 aromatic rings. The fraction of sp³-hybridized carbons (Fsp3) is 0.231. The number of nitrogens with zero attached hydrogens (tertiary/aromatic N) is 1. The Morgan fingerprint density at radius 2 is 1.88 bits per heavy atom. The number of aliphatic hydroxyl groups excluding tert-OH is 1. The first-order valence-corrected chi connectivity index (χ1v) is 11.0. The molecule has 2 aliphatic heterocycles. The van der Waals surface area contributed by atoms with Crippen LogP contribution in [0.15, 0.2) is 64.8 Å². The molecule has 2 aromatic carbocycles. The number of rotatable bonds is 5. The number of anilines is 1. The Morgan fingerprint density at radius 1 is 1.09 bits per heavy atom. The first-order valence-electron chi connectivity index (χ1n) is 11.0. The molecule has 5 rings (SSSR count). The van der Waals surface area contributed by atoms with Crippen LogP contribution in [-0.2, 0) is 9.59 Å². The molecule has 0 radical (unpaired) electrons. The highest BCUT2D eigenvalue weighted by atomic mass is 16.6. The number of amides is 1. The van der Waals surface area contributed by atoms with Crippen LogP contribution in [0.3, 0.4) is 0 Å². The Labute approximate surface area is 196 Å². The maximum atomic E-state index is 13.2. The topological polar surface area (TPSA) is 98.4 Å². The first-order chi connectivity index (χ1) is 16.5. The quantitative estimate of drug-likeness (QED) is 0.342. The van der Waals surface area contributed by atoms with Crippen LogP contribution in [0, 0.1) is 6.92 Å². The van der Waals surface area contributed by atoms with Gasteiger partial charge in [0.05, 0.1) is 18.4 Å². The van der Waals surface area contributed by atoms with Crippen molar-refractivity contribution < 1.29 is 33.3 Å². The van der Waals surface area contributed by atoms with Crippen molar-refractivity contribution >= 4 is 23.1 Å². The van der Waals surface area contributed by atoms with E-state index in [1.807, 2.05) is 13.8 Å². The minimum atomic E-state index is -0.954. The highest BCUT2D eigenvalue weighted by molar-refractivity contribution is 6.51. The van der Waals surface area contributed by atoms with E-state index in [-0.39, 0.29) is 11.3 Å². The lowest BCUT2D eigenvalue weighted by atomic mass is 9.98. The van der Waals surface area contributed by atoms with Crippen LogP contribution in [0.5, 0.6) is 17.2 Å². The maximum absolute atomic E-state index is 13.2. The SMILES string of the molecule is CCOc1ccc(/C(O)=C2/C(=O)C(=O)N(c3ccc4c(c3)OCCO4)C2c2ccco2)cc1C. The van der Waals surface area contributed by atoms with E-state index in [0.717, 1.165) is 5.56 Å². The van der Waals surface area contributed by atoms with Gasteiger partial charge in [-0.15, -0.1) is 0 Å². The van der Waals surface area contributed by atoms with Crippen LogP contribution in [0.4, 0.5) is 5.69 Å². The molecule has 0 bridgehead atoms. The van der Waals surface area contributed by atoms with E-state index in [9.17, 15) is 14.7 Å². The van der Waals surface area contributed by atoms with Crippen LogP contribution in [0.1, 0.15) is 29.9 Å². The minimum Gasteiger partial charge on any atom is -0.507 e. The van der Waals surface area contributed by atoms with E-state index in [1.54, 1.807) is 48.5 Å². The summed E-state index contributed by atoms with van der Waals surface area (Å²) in [7, 11) is 0. The van der Waals surface area contributed by atoms with Gasteiger partial charge in [0, 0.05) is 17.3 Å². The van der Waals surface area contributed by atoms with Gasteiger partial charge in [-0.25, -0.2) is 0 Å². The number of carbonyl (C=O) groups excluding carboxylic acids is 2. The van der Waals surface area contributed by atoms with Crippen molar-refractivity contribution in [3.8, 4) is 17.2 Å². The second kappa shape index (κ2) is 8.62. The molecule has 0 saturated carbocycles. The number of fused-ring (bicyclic) bond motifs is 1. The van der Waals surface area contributed by atoms with E-state index in [1.165, 1.54) is 11.2 Å². The molecule has 1 fully saturated rings. The average Bonchev–Trinajstić information content (AvgIpc) is 3.46. The van der Waals surface area contributed by atoms with Crippen LogP contribution in [-0.4, -0.2) is 36.6 Å². The van der Waals surface area contributed by atoms with E-state index in [0.29, 0.717) is 54.1 Å². The summed E-state index contributed by atoms with van der Waals surface area (Å²) in [5, 5.41) is 11.2. The number of hydrogen-bond donors (Lipinski definition) is 1. The van der Waals surface area contributed by atoms with Crippen molar-refractivity contribution in [3.05, 3.63) is 77.3 Å². The van der Waals surface area contributed by atoms with Gasteiger partial charge in [-0.1, -0.05) is 0 Å². The average molecular weight is 461 g/mol. The molecule has 34 heavy (non-hydrogen) atoms. The fourth-order valence-electron chi connectivity index (χ4n) is 4.27. The number of furan rings is 1. The highest BCUT2D eigenvalue weighted by Gasteiger charge is 2.48. The summed E-state index contributed by atoms with van der Waals surface area (Å²) in [6.07, 6.45) is 1.46. The normalized spacial score (nSPS) is 18.9. The smallest absolute Gasteiger partial charge is 0.300 e. The molecule has 1 N–H and O–H groups in total. The standard InChI is InChI=1S/C26H23NO7/c1-3-31-18-8-6-16(13-15(18)2)24(28)22-23(20-5-4-10-32-20)27(26(30)25(22)29)17-7-9-19-21(14-17)34-12-11-33-19/h4-10,13-14,23,28H,3,11-12H2,1-2H3/b24-22-. The van der Waals surface area contributed by atoms with Gasteiger partial charge in [0.1, 0.15) is 36.5 Å². The van der Waals surface area contributed by atoms with Gasteiger partial charge in [-0.2, -0.15) is 0 Å². The number of ether oxygens (including phenoxy) is 3. The van der Waals surface area contributed by atoms with Gasteiger partial charge in [-0.05, 0) is 61.9 Å². The number of aryl methyl sites for hydroxylation is 1. The van der Waals surface area contributed by atoms with Crippen molar-refractivity contribution in [2.75, 3.05) is 24.7 Å². The number of Topliss-reactive ketones (excluding diaryl/α,β-unsaturated/α-hetero) is 1. The number of aliphatic hydroxyl groups is 1. The Bertz CT molecular complexity index is 1290. The van der Waals surface area contributed by atoms with Gasteiger partial charge in [-0.3, -0.25) is 14.5 Å². The zero-order valence-corrected chi connectivity index (χ0v) is 18.7. The second-order valence-corrected chi connectivity index (χ2v) is 7.93. The lowest BCUT2D eigenvalue weighted by Gasteiger charge is -2.25. The summed E-state index contributed by atoms with van der Waals surface area (Å²) in [6.45, 7) is 5.06. The molecule has 2 aliphatic rings. The Balaban J connectivity index is 1.64. The molecule has 8 nitrogen and oxygen atoms in total. The number of hydrogen-bond acceptors (Lipinski definition) is 7. The Kier molecular flexibility index (Phi) is 5.49. The molecule has 8 heteroatoms. The van der Waals surface area contributed by atoms with Gasteiger partial charge >= 0.3 is 0 Å². The minimum absolute atomic E-state index is 0.0570. The number of ketones is 1. The van der Waals surface area contributed by atoms with Gasteiger partial charge in [0.25, 0.3) is 11.7 Å². The molecule has 1 saturated heterocycles. The zero-order valence-electron chi connectivity index (χ0n) is 18.7. The lowest BCUT2D eigenvalue weighted by molar-refractivity contribution is -0.132. The lowest BCUT2D eigenvalue weighted by Crippen LogP contribution is -2.29. The summed E-state index contributed by atoms with van der Waals surface area (Å²) >= 11 is 0. The van der Waals surface area contributed by atoms with Crippen LogP contribution in [0.2, 0.25) is 0 Å². The van der Waals surface area contributed by atoms with E-state index in [2.05, 4.69) is 0 Å². The third kappa shape index (κ3) is 3.57. The predicted octanol–water partition coefficient (Wildman–Crippen LogP) is 4.38. The Morgan fingerprint density at radius 3 is 2.59 bits per heavy atom. The predicted molar refractivity (Wildman–Crippen MR) is 123 cm³/mol. The highest BCUT2D eigenvalue weighted by Crippen LogP contribution is 2.44. The monoisotopic (exact) mass is 461 g/mol. The summed E-state index contributed by atoms with van der Waals surface area (Å²) in [5.41, 5.74) is 1.56. The van der Waals surface area contributed by atoms with E-state index >= 15 is 0 Å². The van der Waals surface area contributed by atoms with Crippen LogP contribution in [0.25, 0.3) is 5.76 Å². The molecular formula is C26H23NO7. The van der Waals surface area contributed by atoms with Crippen LogP contribution >= 0.6 is 0 Å². The second-order valence-electron chi connectivity index (χ2n) is 7.93. The molecule has 3 heterocycles. The largest absolute Gasteiger partial charge is 0.507 e. The maximum Gasteiger partial charge on any atom is 0.300 e. The van der Waals surface area contributed by atoms with Crippen molar-refractivity contribution in [2.45, 2.75) is 19.9 Å². The Hall–Kier alpha value is -4.20. The van der Waals surface area contributed by atoms with Gasteiger partial charge < -0.3 is 23.7 Å². The third-order valence-corrected chi connectivity index (χ3v) is 5.81. The molecule has 174 valence electrons. The van der Waals surface area contributed by atoms with Crippen LogP contribution < -0.4 is 19.1 Å². The number of carbonyl (C=O) groups is 2. The van der Waals surface area contributed by atoms with E-state index in [4.69, 9.17) is 18.6 Å². The summed E-state index contributed by atoms with van der Waals surface area (Å²) in [5.74, 6) is 0.196. The van der Waals surface area contributed by atoms with E-state index < -0.39 is 17.7 Å². The van der Waals surface area contributed by atoms with Crippen molar-refractivity contribution in [2.24, 2.45) is 0 Å². The zero-order chi connectivity index (χ0) is 23.8. The molecule has 1 unspecified atom stereocenters. The first kappa shape index (κ1) is 21.6. The summed E-state index contributed by atoms with van der Waals surface area (Å²) in [4.78, 5) is 27.8. The fourth-order valence-corrected chi connectivity index (χ4v) is 4.27. The molecule has 0 aliphatic carbocycles. The number of benzene rings is 2. The molecule has 1 aromatic heterocycles. The third-order valence-electron chi connectivity index (χ3n) is 5.81. The van der Waals surface area contributed by atoms with Crippen molar-refractivity contribution in [1.29, 1.82) is 0 Å². The molecule has 1 amide bonds. The summed E-state index contributed by atoms with van der Waals surface area (Å²) in [6, 6.07) is 12.5. The van der Waals surface area contributed by atoms with Gasteiger partial charge in [0.15, 0.2) is 11.5 Å². The van der Waals surface area contributed by atoms with Crippen molar-refractivity contribution in [1.82, 2.24) is 0 Å². The summed E-state index contributed by atoms with van der Waals surface area (Å²) < 4.78 is 22.4. The van der Waals surface area contributed by atoms with Crippen molar-refractivity contribution in [3.63, 3.8) is 0 Å². The molecule has 1 atom stereocenters.